The van der Waals surface area contributed by atoms with Crippen LogP contribution in [0.15, 0.2) is 70.5 Å². The van der Waals surface area contributed by atoms with Crippen LogP contribution in [-0.2, 0) is 20.9 Å². The summed E-state index contributed by atoms with van der Waals surface area (Å²) in [7, 11) is 0. The van der Waals surface area contributed by atoms with Crippen molar-refractivity contribution in [3.05, 3.63) is 107 Å². The minimum Gasteiger partial charge on any atom is -0.324 e. The number of anilines is 2. The van der Waals surface area contributed by atoms with Crippen molar-refractivity contribution >= 4 is 98.6 Å². The molecule has 6 rings (SSSR count). The van der Waals surface area contributed by atoms with Crippen molar-refractivity contribution in [2.45, 2.75) is 22.7 Å². The summed E-state index contributed by atoms with van der Waals surface area (Å²) in [6.45, 7) is -0.366. The highest BCUT2D eigenvalue weighted by atomic mass is 35.5. The Morgan fingerprint density at radius 3 is 2.36 bits per heavy atom. The Kier molecular flexibility index (Phi) is 7.88. The van der Waals surface area contributed by atoms with Crippen LogP contribution in [-0.4, -0.2) is 27.5 Å². The number of amides is 3. The van der Waals surface area contributed by atoms with E-state index in [9.17, 15) is 23.6 Å². The van der Waals surface area contributed by atoms with Gasteiger partial charge < -0.3 is 5.32 Å². The van der Waals surface area contributed by atoms with Crippen LogP contribution in [0, 0.1) is 11.7 Å². The molecule has 0 radical (unpaired) electrons. The summed E-state index contributed by atoms with van der Waals surface area (Å²) in [4.78, 5) is 55.1. The number of aromatic nitrogens is 1. The molecule has 2 aliphatic heterocycles. The van der Waals surface area contributed by atoms with Crippen LogP contribution in [0.1, 0.15) is 16.4 Å². The molecule has 0 aliphatic carbocycles. The van der Waals surface area contributed by atoms with Crippen LogP contribution in [0.5, 0.6) is 0 Å². The van der Waals surface area contributed by atoms with E-state index in [1.54, 1.807) is 24.3 Å². The van der Waals surface area contributed by atoms with E-state index >= 15 is 0 Å². The van der Waals surface area contributed by atoms with Gasteiger partial charge in [-0.25, -0.2) is 9.29 Å². The highest BCUT2D eigenvalue weighted by Gasteiger charge is 2.57. The second kappa shape index (κ2) is 11.3. The normalized spacial score (nSPS) is 19.5. The maximum Gasteiger partial charge on any atom is 0.308 e. The summed E-state index contributed by atoms with van der Waals surface area (Å²) in [6.07, 6.45) is 0. The standard InChI is InChI=1S/C28H16Cl4FN3O4S2/c29-16-9-6-13(10-18(16)31)34-19(37)11-35-27-24(42-28(35)40)20(15-2-1-3-17(30)22(15)32)21-23(41-27)26(39)36(25(21)38)14-7-4-12(33)5-8-14/h1-10,20-21,23H,11H2,(H,34,37)/t20-,21-,23+/m0/s1. The van der Waals surface area contributed by atoms with Crippen LogP contribution in [0.4, 0.5) is 15.8 Å². The molecule has 3 amide bonds. The summed E-state index contributed by atoms with van der Waals surface area (Å²) < 4.78 is 14.9. The number of thioether (sulfide) groups is 1. The van der Waals surface area contributed by atoms with E-state index in [-0.39, 0.29) is 27.3 Å². The van der Waals surface area contributed by atoms with Crippen molar-refractivity contribution in [3.63, 3.8) is 0 Å². The first kappa shape index (κ1) is 29.2. The fourth-order valence-corrected chi connectivity index (χ4v) is 8.60. The number of hydrogen-bond donors (Lipinski definition) is 1. The highest BCUT2D eigenvalue weighted by molar-refractivity contribution is 8.00. The van der Waals surface area contributed by atoms with Crippen LogP contribution in [0.25, 0.3) is 0 Å². The van der Waals surface area contributed by atoms with Crippen molar-refractivity contribution in [2.75, 3.05) is 10.2 Å². The van der Waals surface area contributed by atoms with Gasteiger partial charge in [0.25, 0.3) is 0 Å². The molecule has 0 spiro atoms. The molecule has 14 heteroatoms. The Bertz CT molecular complexity index is 1850. The molecule has 1 N–H and O–H groups in total. The van der Waals surface area contributed by atoms with Gasteiger partial charge in [-0.05, 0) is 54.1 Å². The molecular weight excluding hydrogens is 667 g/mol. The zero-order chi connectivity index (χ0) is 29.9. The smallest absolute Gasteiger partial charge is 0.308 e. The van der Waals surface area contributed by atoms with Gasteiger partial charge in [-0.1, -0.05) is 81.6 Å². The predicted octanol–water partition coefficient (Wildman–Crippen LogP) is 7.10. The predicted molar refractivity (Wildman–Crippen MR) is 164 cm³/mol. The number of nitrogens with zero attached hydrogens (tertiary/aromatic N) is 2. The molecule has 3 heterocycles. The average molecular weight is 683 g/mol. The maximum atomic E-state index is 13.9. The maximum absolute atomic E-state index is 13.9. The number of halogens is 5. The number of hydrogen-bond acceptors (Lipinski definition) is 6. The van der Waals surface area contributed by atoms with Crippen LogP contribution < -0.4 is 15.1 Å². The van der Waals surface area contributed by atoms with Gasteiger partial charge in [-0.3, -0.25) is 23.7 Å². The molecule has 0 unspecified atom stereocenters. The first-order chi connectivity index (χ1) is 20.0. The Hall–Kier alpha value is -2.86. The van der Waals surface area contributed by atoms with Crippen molar-refractivity contribution in [3.8, 4) is 0 Å². The summed E-state index contributed by atoms with van der Waals surface area (Å²) in [5, 5.41) is 3.11. The number of nitrogens with one attached hydrogen (secondary N) is 1. The summed E-state index contributed by atoms with van der Waals surface area (Å²) >= 11 is 26.9. The average Bonchev–Trinajstić information content (AvgIpc) is 3.39. The number of fused-ring (bicyclic) bond motifs is 2. The topological polar surface area (TPSA) is 88.5 Å². The van der Waals surface area contributed by atoms with Gasteiger partial charge in [0.15, 0.2) is 0 Å². The lowest BCUT2D eigenvalue weighted by Gasteiger charge is -2.31. The number of rotatable bonds is 5. The third-order valence-corrected chi connectivity index (χ3v) is 11.1. The van der Waals surface area contributed by atoms with Crippen LogP contribution >= 0.6 is 69.5 Å². The molecule has 1 aromatic heterocycles. The molecular formula is C28H16Cl4FN3O4S2. The number of carbonyl (C=O) groups is 3. The van der Waals surface area contributed by atoms with E-state index in [1.807, 2.05) is 0 Å². The third-order valence-electron chi connectivity index (χ3n) is 6.96. The van der Waals surface area contributed by atoms with Gasteiger partial charge in [-0.2, -0.15) is 0 Å². The zero-order valence-electron chi connectivity index (χ0n) is 20.9. The Morgan fingerprint density at radius 2 is 1.64 bits per heavy atom. The van der Waals surface area contributed by atoms with Gasteiger partial charge >= 0.3 is 4.87 Å². The molecule has 1 saturated heterocycles. The SMILES string of the molecule is O=C(Cn1c2c(sc1=O)[C@@H](c1cccc(Cl)c1Cl)[C@@H]1C(=O)N(c3ccc(F)cc3)C(=O)[C@@H]1S2)Nc1ccc(Cl)c(Cl)c1. The van der Waals surface area contributed by atoms with E-state index in [4.69, 9.17) is 46.4 Å². The highest BCUT2D eigenvalue weighted by Crippen LogP contribution is 2.55. The molecule has 3 atom stereocenters. The summed E-state index contributed by atoms with van der Waals surface area (Å²) in [5.41, 5.74) is 1.07. The second-order valence-electron chi connectivity index (χ2n) is 9.47. The number of benzene rings is 3. The largest absolute Gasteiger partial charge is 0.324 e. The van der Waals surface area contributed by atoms with E-state index in [0.29, 0.717) is 26.2 Å². The number of imide groups is 1. The molecule has 7 nitrogen and oxygen atoms in total. The Balaban J connectivity index is 1.43. The fraction of sp³-hybridized carbons (Fsp3) is 0.143. The van der Waals surface area contributed by atoms with Crippen molar-refractivity contribution < 1.29 is 18.8 Å². The Morgan fingerprint density at radius 1 is 0.905 bits per heavy atom. The van der Waals surface area contributed by atoms with Crippen LogP contribution in [0.2, 0.25) is 20.1 Å². The number of carbonyl (C=O) groups excluding carboxylic acids is 3. The second-order valence-corrected chi connectivity index (χ2v) is 13.2. The van der Waals surface area contributed by atoms with E-state index in [0.717, 1.165) is 40.1 Å². The lowest BCUT2D eigenvalue weighted by molar-refractivity contribution is -0.122. The molecule has 1 fully saturated rings. The van der Waals surface area contributed by atoms with E-state index in [1.165, 1.54) is 28.8 Å². The first-order valence-electron chi connectivity index (χ1n) is 12.3. The monoisotopic (exact) mass is 681 g/mol. The molecule has 2 aliphatic rings. The molecule has 3 aromatic carbocycles. The summed E-state index contributed by atoms with van der Waals surface area (Å²) in [5.74, 6) is -3.82. The number of thiazole rings is 1. The van der Waals surface area contributed by atoms with Crippen molar-refractivity contribution in [2.24, 2.45) is 5.92 Å². The fourth-order valence-electron chi connectivity index (χ4n) is 5.11. The van der Waals surface area contributed by atoms with Crippen LogP contribution in [0.3, 0.4) is 0 Å². The van der Waals surface area contributed by atoms with Gasteiger partial charge in [0.1, 0.15) is 17.6 Å². The van der Waals surface area contributed by atoms with Crippen molar-refractivity contribution in [1.82, 2.24) is 4.57 Å². The Labute approximate surface area is 266 Å². The summed E-state index contributed by atoms with van der Waals surface area (Å²) in [6, 6.07) is 14.6. The lowest BCUT2D eigenvalue weighted by Crippen LogP contribution is -2.33. The van der Waals surface area contributed by atoms with E-state index < -0.39 is 45.5 Å². The van der Waals surface area contributed by atoms with Gasteiger partial charge in [-0.15, -0.1) is 0 Å². The van der Waals surface area contributed by atoms with E-state index in [2.05, 4.69) is 5.32 Å². The molecule has 0 bridgehead atoms. The minimum atomic E-state index is -0.950. The molecule has 4 aromatic rings. The van der Waals surface area contributed by atoms with Gasteiger partial charge in [0, 0.05) is 16.5 Å². The zero-order valence-corrected chi connectivity index (χ0v) is 25.6. The molecule has 214 valence electrons. The van der Waals surface area contributed by atoms with Gasteiger partial charge in [0.2, 0.25) is 17.7 Å². The first-order valence-corrected chi connectivity index (χ1v) is 15.5. The van der Waals surface area contributed by atoms with Crippen molar-refractivity contribution in [1.29, 1.82) is 0 Å². The molecule has 0 saturated carbocycles. The minimum absolute atomic E-state index is 0.186. The lowest BCUT2D eigenvalue weighted by atomic mass is 9.83. The molecule has 42 heavy (non-hydrogen) atoms. The van der Waals surface area contributed by atoms with Gasteiger partial charge in [0.05, 0.1) is 36.7 Å². The quantitative estimate of drug-likeness (QED) is 0.227. The third kappa shape index (κ3) is 5.04.